The molecule has 1 N–H and O–H groups in total. The Morgan fingerprint density at radius 3 is 1.93 bits per heavy atom. The number of halogens is 1. The molecule has 0 saturated heterocycles. The lowest BCUT2D eigenvalue weighted by atomic mass is 10.0. The highest BCUT2D eigenvalue weighted by atomic mass is 35.5. The van der Waals surface area contributed by atoms with Gasteiger partial charge in [-0.2, -0.15) is 5.10 Å². The Balaban J connectivity index is 0.000000300. The number of carbonyl (C=O) groups is 2. The molecule has 1 atom stereocenters. The smallest absolute Gasteiger partial charge is 0.302 e. The molecule has 3 aromatic carbocycles. The summed E-state index contributed by atoms with van der Waals surface area (Å²) in [5.41, 5.74) is 6.97. The van der Waals surface area contributed by atoms with Crippen molar-refractivity contribution in [2.45, 2.75) is 114 Å². The summed E-state index contributed by atoms with van der Waals surface area (Å²) in [7, 11) is 1.64. The molecule has 14 nitrogen and oxygen atoms in total. The van der Waals surface area contributed by atoms with E-state index in [4.69, 9.17) is 16.3 Å². The van der Waals surface area contributed by atoms with Crippen LogP contribution in [0.2, 0.25) is 0 Å². The number of amides is 2. The third kappa shape index (κ3) is 12.8. The number of rotatable bonds is 16. The molecule has 0 aliphatic heterocycles. The third-order valence-electron chi connectivity index (χ3n) is 9.84. The predicted octanol–water partition coefficient (Wildman–Crippen LogP) is 9.79. The van der Waals surface area contributed by atoms with E-state index >= 15 is 0 Å². The predicted molar refractivity (Wildman–Crippen MR) is 233 cm³/mol. The summed E-state index contributed by atoms with van der Waals surface area (Å²) in [4.78, 5) is 49.3. The molecule has 0 aliphatic carbocycles. The Morgan fingerprint density at radius 2 is 1.47 bits per heavy atom. The number of methoxy groups -OCH3 is 1. The maximum absolute atomic E-state index is 12.2. The normalized spacial score (nSPS) is 11.1. The van der Waals surface area contributed by atoms with Crippen molar-refractivity contribution in [2.24, 2.45) is 0 Å². The number of carbonyl (C=O) groups excluding carboxylic acids is 2. The van der Waals surface area contributed by atoms with Crippen LogP contribution >= 0.6 is 11.6 Å². The number of alkyl halides is 1. The fourth-order valence-corrected chi connectivity index (χ4v) is 6.77. The molecule has 58 heavy (non-hydrogen) atoms. The van der Waals surface area contributed by atoms with Crippen LogP contribution in [0.4, 0.5) is 28.4 Å². The number of aromatic nitrogens is 2. The van der Waals surface area contributed by atoms with Crippen LogP contribution < -0.4 is 15.1 Å². The Hall–Kier alpha value is -5.34. The summed E-state index contributed by atoms with van der Waals surface area (Å²) in [5.74, 6) is -0.00550. The zero-order chi connectivity index (χ0) is 43.7. The third-order valence-corrected chi connectivity index (χ3v) is 10.1. The van der Waals surface area contributed by atoms with Gasteiger partial charge in [0, 0.05) is 43.6 Å². The van der Waals surface area contributed by atoms with E-state index < -0.39 is 9.85 Å². The van der Waals surface area contributed by atoms with Gasteiger partial charge in [0.2, 0.25) is 11.8 Å². The molecule has 0 aliphatic rings. The lowest BCUT2D eigenvalue weighted by Gasteiger charge is -2.31. The van der Waals surface area contributed by atoms with E-state index in [1.54, 1.807) is 41.6 Å². The highest BCUT2D eigenvalue weighted by Gasteiger charge is 2.30. The zero-order valence-corrected chi connectivity index (χ0v) is 36.6. The quantitative estimate of drug-likeness (QED) is 0.0658. The molecular formula is C43H60ClN7O7. The number of aryl methyl sites for hydroxylation is 5. The van der Waals surface area contributed by atoms with E-state index in [0.717, 1.165) is 52.9 Å². The summed E-state index contributed by atoms with van der Waals surface area (Å²) in [6.45, 7) is 20.1. The van der Waals surface area contributed by atoms with Gasteiger partial charge >= 0.3 is 5.69 Å². The van der Waals surface area contributed by atoms with E-state index in [-0.39, 0.29) is 46.8 Å². The number of benzene rings is 3. The molecule has 0 radical (unpaired) electrons. The number of anilines is 3. The van der Waals surface area contributed by atoms with Crippen molar-refractivity contribution in [3.8, 4) is 0 Å². The van der Waals surface area contributed by atoms with Gasteiger partial charge in [-0.3, -0.25) is 39.4 Å². The molecule has 2 amide bonds. The molecule has 0 bridgehead atoms. The number of nitro benzene ring substituents is 2. The number of para-hydroxylation sites is 2. The SMILES string of the molecule is CCC(=O)N(Cn1cccn1)c1c(C)cccc1C.CCC(CC)Nc1c([N+](=O)[O-])cc(C)c(C)c1[N+](=O)[O-].CCc1cccc(C)c1N(C(=O)CCl)C(C)COC. The lowest BCUT2D eigenvalue weighted by molar-refractivity contribution is -0.392. The standard InChI is InChI=1S/C15H22ClNO2.C15H19N3O.C13H19N3O4/c1-5-13-8-6-7-11(2)15(13)17(14(18)9-16)12(3)10-19-4;1-4-14(19)18(11-17-10-6-9-16-17)15-12(2)7-5-8-13(15)3;1-5-10(6-2)14-12-11(15(17)18)7-8(3)9(4)13(12)16(19)20/h6-8,12H,5,9-10H2,1-4H3;5-10H,4,11H2,1-3H3;7,10,14H,5-6H2,1-4H3. The first kappa shape index (κ1) is 48.8. The average molecular weight is 822 g/mol. The number of nitrogens with zero attached hydrogens (tertiary/aromatic N) is 6. The fraction of sp³-hybridized carbons (Fsp3) is 0.465. The first-order valence-corrected chi connectivity index (χ1v) is 20.0. The van der Waals surface area contributed by atoms with Crippen LogP contribution in [0.5, 0.6) is 0 Å². The summed E-state index contributed by atoms with van der Waals surface area (Å²) < 4.78 is 6.94. The van der Waals surface area contributed by atoms with E-state index in [1.165, 1.54) is 6.07 Å². The molecule has 1 unspecified atom stereocenters. The van der Waals surface area contributed by atoms with E-state index in [1.807, 2.05) is 91.1 Å². The highest BCUT2D eigenvalue weighted by molar-refractivity contribution is 6.29. The van der Waals surface area contributed by atoms with E-state index in [0.29, 0.717) is 30.8 Å². The van der Waals surface area contributed by atoms with Crippen LogP contribution in [0.1, 0.15) is 87.3 Å². The molecule has 1 aromatic heterocycles. The summed E-state index contributed by atoms with van der Waals surface area (Å²) in [5, 5.41) is 29.6. The number of nitro groups is 2. The van der Waals surface area contributed by atoms with Crippen molar-refractivity contribution in [2.75, 3.05) is 34.7 Å². The van der Waals surface area contributed by atoms with Crippen LogP contribution in [-0.4, -0.2) is 63.1 Å². The van der Waals surface area contributed by atoms with Crippen molar-refractivity contribution in [1.82, 2.24) is 9.78 Å². The molecular weight excluding hydrogens is 762 g/mol. The van der Waals surface area contributed by atoms with Gasteiger partial charge in [-0.25, -0.2) is 0 Å². The Labute approximate surface area is 347 Å². The number of nitrogens with one attached hydrogen (secondary N) is 1. The molecule has 15 heteroatoms. The van der Waals surface area contributed by atoms with E-state index in [2.05, 4.69) is 23.4 Å². The Bertz CT molecular complexity index is 1960. The van der Waals surface area contributed by atoms with Crippen molar-refractivity contribution >= 4 is 51.9 Å². The minimum absolute atomic E-state index is 0.0109. The van der Waals surface area contributed by atoms with Gasteiger partial charge in [0.25, 0.3) is 5.69 Å². The number of ether oxygens (including phenoxy) is 1. The second kappa shape index (κ2) is 23.8. The van der Waals surface area contributed by atoms with Crippen LogP contribution in [0, 0.1) is 54.8 Å². The van der Waals surface area contributed by atoms with Gasteiger partial charge in [-0.1, -0.05) is 64.1 Å². The summed E-state index contributed by atoms with van der Waals surface area (Å²) >= 11 is 5.76. The second-order valence-electron chi connectivity index (χ2n) is 14.0. The molecule has 0 fully saturated rings. The van der Waals surface area contributed by atoms with Crippen LogP contribution in [0.3, 0.4) is 0 Å². The minimum Gasteiger partial charge on any atom is -0.383 e. The van der Waals surface area contributed by atoms with Crippen molar-refractivity contribution in [3.05, 3.63) is 115 Å². The fourth-order valence-electron chi connectivity index (χ4n) is 6.64. The van der Waals surface area contributed by atoms with Gasteiger partial charge in [0.05, 0.1) is 33.9 Å². The number of hydrogen-bond acceptors (Lipinski definition) is 9. The monoisotopic (exact) mass is 821 g/mol. The first-order chi connectivity index (χ1) is 27.5. The van der Waals surface area contributed by atoms with Gasteiger partial charge in [0.15, 0.2) is 5.69 Å². The molecule has 4 aromatic rings. The molecule has 0 saturated carbocycles. The molecule has 0 spiro atoms. The van der Waals surface area contributed by atoms with Gasteiger partial charge in [0.1, 0.15) is 12.5 Å². The summed E-state index contributed by atoms with van der Waals surface area (Å²) in [6.07, 6.45) is 6.41. The maximum atomic E-state index is 12.2. The second-order valence-corrected chi connectivity index (χ2v) is 14.2. The largest absolute Gasteiger partial charge is 0.383 e. The van der Waals surface area contributed by atoms with Crippen molar-refractivity contribution < 1.29 is 24.2 Å². The minimum atomic E-state index is -0.579. The van der Waals surface area contributed by atoms with Crippen molar-refractivity contribution in [1.29, 1.82) is 0 Å². The van der Waals surface area contributed by atoms with Crippen molar-refractivity contribution in [3.63, 3.8) is 0 Å². The zero-order valence-electron chi connectivity index (χ0n) is 35.8. The highest BCUT2D eigenvalue weighted by Crippen LogP contribution is 2.39. The Kier molecular flexibility index (Phi) is 20.0. The average Bonchev–Trinajstić information content (AvgIpc) is 3.71. The first-order valence-electron chi connectivity index (χ1n) is 19.5. The Morgan fingerprint density at radius 1 is 0.879 bits per heavy atom. The topological polar surface area (TPSA) is 166 Å². The van der Waals surface area contributed by atoms with Crippen LogP contribution in [-0.2, 0) is 27.4 Å². The molecule has 1 heterocycles. The molecule has 4 rings (SSSR count). The van der Waals surface area contributed by atoms with E-state index in [9.17, 15) is 29.8 Å². The maximum Gasteiger partial charge on any atom is 0.302 e. The van der Waals surface area contributed by atoms with Crippen LogP contribution in [0.25, 0.3) is 0 Å². The van der Waals surface area contributed by atoms with Gasteiger partial charge in [-0.15, -0.1) is 11.6 Å². The van der Waals surface area contributed by atoms with Gasteiger partial charge < -0.3 is 15.0 Å². The number of hydrogen-bond donors (Lipinski definition) is 1. The summed E-state index contributed by atoms with van der Waals surface area (Å²) in [6, 6.07) is 15.3. The lowest BCUT2D eigenvalue weighted by Crippen LogP contribution is -2.43. The van der Waals surface area contributed by atoms with Gasteiger partial charge in [-0.05, 0) is 94.7 Å². The van der Waals surface area contributed by atoms with Crippen LogP contribution in [0.15, 0.2) is 60.9 Å². The molecule has 316 valence electrons.